The van der Waals surface area contributed by atoms with Gasteiger partial charge in [-0.3, -0.25) is 4.90 Å². The monoisotopic (exact) mass is 315 g/mol. The van der Waals surface area contributed by atoms with Crippen LogP contribution >= 0.6 is 22.7 Å². The van der Waals surface area contributed by atoms with E-state index in [0.717, 1.165) is 19.5 Å². The highest BCUT2D eigenvalue weighted by Gasteiger charge is 2.30. The standard InChI is InChI=1S/C16H17N3S2/c1-18-11-17-9-12(18)10-19-6-4-14-13(5-8-21-14)16(19)15-3-2-7-20-15/h2-3,5,7-9,11,16H,4,6,10H2,1H3. The Labute approximate surface area is 132 Å². The summed E-state index contributed by atoms with van der Waals surface area (Å²) >= 11 is 3.76. The Kier molecular flexibility index (Phi) is 3.41. The van der Waals surface area contributed by atoms with Crippen LogP contribution in [0.4, 0.5) is 0 Å². The lowest BCUT2D eigenvalue weighted by atomic mass is 9.98. The van der Waals surface area contributed by atoms with Crippen molar-refractivity contribution < 1.29 is 0 Å². The van der Waals surface area contributed by atoms with Crippen molar-refractivity contribution in [3.05, 3.63) is 62.5 Å². The number of aromatic nitrogens is 2. The Hall–Kier alpha value is -1.43. The molecular formula is C16H17N3S2. The Morgan fingerprint density at radius 1 is 1.29 bits per heavy atom. The van der Waals surface area contributed by atoms with Crippen molar-refractivity contribution in [2.75, 3.05) is 6.54 Å². The van der Waals surface area contributed by atoms with Gasteiger partial charge in [0.1, 0.15) is 0 Å². The topological polar surface area (TPSA) is 21.1 Å². The van der Waals surface area contributed by atoms with E-state index < -0.39 is 0 Å². The second-order valence-electron chi connectivity index (χ2n) is 5.43. The first-order valence-electron chi connectivity index (χ1n) is 7.12. The van der Waals surface area contributed by atoms with E-state index in [1.807, 2.05) is 35.2 Å². The second-order valence-corrected chi connectivity index (χ2v) is 7.41. The molecule has 3 nitrogen and oxygen atoms in total. The minimum absolute atomic E-state index is 0.398. The quantitative estimate of drug-likeness (QED) is 0.735. The van der Waals surface area contributed by atoms with Gasteiger partial charge in [0.15, 0.2) is 0 Å². The molecule has 5 heteroatoms. The number of imidazole rings is 1. The molecule has 1 unspecified atom stereocenters. The SMILES string of the molecule is Cn1cncc1CN1CCc2sccc2C1c1cccs1. The lowest BCUT2D eigenvalue weighted by Crippen LogP contribution is -2.35. The van der Waals surface area contributed by atoms with Crippen LogP contribution in [0.15, 0.2) is 41.5 Å². The predicted octanol–water partition coefficient (Wildman–Crippen LogP) is 3.69. The van der Waals surface area contributed by atoms with Gasteiger partial charge in [-0.2, -0.15) is 0 Å². The summed E-state index contributed by atoms with van der Waals surface area (Å²) < 4.78 is 2.12. The average Bonchev–Trinajstić information content (AvgIpc) is 3.21. The van der Waals surface area contributed by atoms with E-state index in [1.165, 1.54) is 16.1 Å². The molecular weight excluding hydrogens is 298 g/mol. The first-order chi connectivity index (χ1) is 10.3. The van der Waals surface area contributed by atoms with Gasteiger partial charge in [0.05, 0.1) is 18.1 Å². The molecule has 108 valence electrons. The van der Waals surface area contributed by atoms with E-state index in [0.29, 0.717) is 6.04 Å². The zero-order valence-corrected chi connectivity index (χ0v) is 13.5. The summed E-state index contributed by atoms with van der Waals surface area (Å²) in [6.45, 7) is 2.07. The Morgan fingerprint density at radius 2 is 2.24 bits per heavy atom. The van der Waals surface area contributed by atoms with Crippen LogP contribution in [0.5, 0.6) is 0 Å². The van der Waals surface area contributed by atoms with E-state index >= 15 is 0 Å². The van der Waals surface area contributed by atoms with E-state index in [4.69, 9.17) is 0 Å². The highest BCUT2D eigenvalue weighted by molar-refractivity contribution is 7.10. The summed E-state index contributed by atoms with van der Waals surface area (Å²) in [5.41, 5.74) is 2.77. The maximum Gasteiger partial charge on any atom is 0.0945 e. The molecule has 3 aromatic rings. The van der Waals surface area contributed by atoms with Crippen LogP contribution in [0.2, 0.25) is 0 Å². The van der Waals surface area contributed by atoms with Crippen LogP contribution in [-0.2, 0) is 20.0 Å². The molecule has 0 spiro atoms. The van der Waals surface area contributed by atoms with Gasteiger partial charge in [0, 0.05) is 36.1 Å². The third-order valence-electron chi connectivity index (χ3n) is 4.16. The Morgan fingerprint density at radius 3 is 3.00 bits per heavy atom. The zero-order chi connectivity index (χ0) is 14.2. The molecule has 0 amide bonds. The summed E-state index contributed by atoms with van der Waals surface area (Å²) in [6, 6.07) is 7.12. The summed E-state index contributed by atoms with van der Waals surface area (Å²) in [4.78, 5) is 9.82. The summed E-state index contributed by atoms with van der Waals surface area (Å²) in [7, 11) is 2.07. The predicted molar refractivity (Wildman–Crippen MR) is 87.8 cm³/mol. The molecule has 3 aromatic heterocycles. The van der Waals surface area contributed by atoms with Gasteiger partial charge in [0.25, 0.3) is 0 Å². The van der Waals surface area contributed by atoms with Gasteiger partial charge in [-0.1, -0.05) is 6.07 Å². The normalized spacial score (nSPS) is 18.8. The molecule has 1 atom stereocenters. The fourth-order valence-corrected chi connectivity index (χ4v) is 4.84. The molecule has 4 rings (SSSR count). The second kappa shape index (κ2) is 5.40. The highest BCUT2D eigenvalue weighted by Crippen LogP contribution is 2.39. The molecule has 0 radical (unpaired) electrons. The van der Waals surface area contributed by atoms with Gasteiger partial charge in [0.2, 0.25) is 0 Å². The number of fused-ring (bicyclic) bond motifs is 1. The Balaban J connectivity index is 1.71. The van der Waals surface area contributed by atoms with Crippen molar-refractivity contribution >= 4 is 22.7 Å². The van der Waals surface area contributed by atoms with Crippen LogP contribution in [0.3, 0.4) is 0 Å². The fraction of sp³-hybridized carbons (Fsp3) is 0.312. The van der Waals surface area contributed by atoms with Crippen LogP contribution in [0.25, 0.3) is 0 Å². The number of thiophene rings is 2. The maximum atomic E-state index is 4.25. The average molecular weight is 315 g/mol. The number of aryl methyl sites for hydroxylation is 1. The number of hydrogen-bond donors (Lipinski definition) is 0. The van der Waals surface area contributed by atoms with Crippen molar-refractivity contribution in [1.29, 1.82) is 0 Å². The Bertz CT molecular complexity index is 726. The molecule has 0 saturated heterocycles. The van der Waals surface area contributed by atoms with Crippen molar-refractivity contribution in [3.8, 4) is 0 Å². The third-order valence-corrected chi connectivity index (χ3v) is 6.08. The molecule has 0 aromatic carbocycles. The first kappa shape index (κ1) is 13.2. The van der Waals surface area contributed by atoms with Crippen molar-refractivity contribution in [3.63, 3.8) is 0 Å². The largest absolute Gasteiger partial charge is 0.337 e. The molecule has 0 bridgehead atoms. The molecule has 1 aliphatic rings. The summed E-state index contributed by atoms with van der Waals surface area (Å²) in [6.07, 6.45) is 5.02. The lowest BCUT2D eigenvalue weighted by molar-refractivity contribution is 0.204. The van der Waals surface area contributed by atoms with Crippen LogP contribution in [0, 0.1) is 0 Å². The van der Waals surface area contributed by atoms with Crippen molar-refractivity contribution in [2.24, 2.45) is 7.05 Å². The van der Waals surface area contributed by atoms with Crippen molar-refractivity contribution in [1.82, 2.24) is 14.5 Å². The van der Waals surface area contributed by atoms with E-state index in [1.54, 1.807) is 4.88 Å². The van der Waals surface area contributed by atoms with E-state index in [2.05, 4.69) is 50.5 Å². The molecule has 0 aliphatic carbocycles. The number of hydrogen-bond acceptors (Lipinski definition) is 4. The molecule has 4 heterocycles. The number of rotatable bonds is 3. The molecule has 21 heavy (non-hydrogen) atoms. The number of nitrogens with zero attached hydrogens (tertiary/aromatic N) is 3. The summed E-state index contributed by atoms with van der Waals surface area (Å²) in [5, 5.41) is 4.41. The van der Waals surface area contributed by atoms with Gasteiger partial charge in [-0.25, -0.2) is 4.98 Å². The van der Waals surface area contributed by atoms with Gasteiger partial charge < -0.3 is 4.57 Å². The molecule has 0 fully saturated rings. The van der Waals surface area contributed by atoms with Crippen LogP contribution < -0.4 is 0 Å². The van der Waals surface area contributed by atoms with Crippen LogP contribution in [0.1, 0.15) is 27.1 Å². The van der Waals surface area contributed by atoms with Crippen molar-refractivity contribution in [2.45, 2.75) is 19.0 Å². The lowest BCUT2D eigenvalue weighted by Gasteiger charge is -2.35. The first-order valence-corrected chi connectivity index (χ1v) is 8.88. The third kappa shape index (κ3) is 2.35. The van der Waals surface area contributed by atoms with Crippen LogP contribution in [-0.4, -0.2) is 21.0 Å². The smallest absolute Gasteiger partial charge is 0.0945 e. The minimum atomic E-state index is 0.398. The summed E-state index contributed by atoms with van der Waals surface area (Å²) in [5.74, 6) is 0. The van der Waals surface area contributed by atoms with Gasteiger partial charge in [-0.05, 0) is 34.9 Å². The van der Waals surface area contributed by atoms with Gasteiger partial charge in [-0.15, -0.1) is 22.7 Å². The maximum absolute atomic E-state index is 4.25. The minimum Gasteiger partial charge on any atom is -0.337 e. The van der Waals surface area contributed by atoms with Gasteiger partial charge >= 0.3 is 0 Å². The highest BCUT2D eigenvalue weighted by atomic mass is 32.1. The molecule has 0 N–H and O–H groups in total. The van der Waals surface area contributed by atoms with E-state index in [9.17, 15) is 0 Å². The molecule has 0 saturated carbocycles. The fourth-order valence-electron chi connectivity index (χ4n) is 3.06. The molecule has 1 aliphatic heterocycles. The van der Waals surface area contributed by atoms with E-state index in [-0.39, 0.29) is 0 Å². The zero-order valence-electron chi connectivity index (χ0n) is 11.9.